The van der Waals surface area contributed by atoms with Crippen LogP contribution in [0.15, 0.2) is 30.3 Å². The molecule has 200 valence electrons. The van der Waals surface area contributed by atoms with Crippen molar-refractivity contribution in [3.8, 4) is 0 Å². The summed E-state index contributed by atoms with van der Waals surface area (Å²) in [5.74, 6) is 0.249. The number of unbranched alkanes of at least 4 members (excludes halogenated alkanes) is 15. The number of benzene rings is 1. The topological polar surface area (TPSA) is 75.6 Å². The van der Waals surface area contributed by atoms with Crippen molar-refractivity contribution < 1.29 is 19.4 Å². The predicted molar refractivity (Wildman–Crippen MR) is 148 cm³/mol. The van der Waals surface area contributed by atoms with Crippen molar-refractivity contribution >= 4 is 23.8 Å². The zero-order valence-corrected chi connectivity index (χ0v) is 22.8. The first-order valence-electron chi connectivity index (χ1n) is 13.9. The van der Waals surface area contributed by atoms with Gasteiger partial charge in [0.05, 0.1) is 0 Å². The van der Waals surface area contributed by atoms with Gasteiger partial charge in [0.2, 0.25) is 0 Å². The number of carbonyl (C=O) groups is 2. The van der Waals surface area contributed by atoms with Gasteiger partial charge in [-0.25, -0.2) is 9.59 Å². The maximum atomic E-state index is 11.9. The summed E-state index contributed by atoms with van der Waals surface area (Å²) < 4.78 is 5.13. The van der Waals surface area contributed by atoms with Crippen molar-refractivity contribution in [3.63, 3.8) is 0 Å². The number of thioether (sulfide) groups is 1. The number of carbonyl (C=O) groups excluding carboxylic acids is 1. The number of amides is 1. The van der Waals surface area contributed by atoms with Gasteiger partial charge >= 0.3 is 12.1 Å². The Morgan fingerprint density at radius 2 is 1.29 bits per heavy atom. The summed E-state index contributed by atoms with van der Waals surface area (Å²) in [4.78, 5) is 23.4. The van der Waals surface area contributed by atoms with Crippen molar-refractivity contribution in [3.05, 3.63) is 35.9 Å². The van der Waals surface area contributed by atoms with E-state index in [9.17, 15) is 14.7 Å². The number of hydrogen-bond acceptors (Lipinski definition) is 4. The van der Waals surface area contributed by atoms with Gasteiger partial charge in [0.15, 0.2) is 0 Å². The molecule has 35 heavy (non-hydrogen) atoms. The van der Waals surface area contributed by atoms with E-state index in [0.29, 0.717) is 5.75 Å². The number of carboxylic acids is 1. The average Bonchev–Trinajstić information content (AvgIpc) is 2.86. The minimum absolute atomic E-state index is 0.130. The lowest BCUT2D eigenvalue weighted by Crippen LogP contribution is -2.42. The third kappa shape index (κ3) is 19.2. The average molecular weight is 508 g/mol. The molecule has 1 aromatic rings. The standard InChI is InChI=1S/C29H49NO4S/c1-2-3-4-5-6-7-8-9-10-11-12-13-14-15-16-20-23-35-25-27(28(31)32)30-29(33)34-24-26-21-18-17-19-22-26/h17-19,21-22,27H,2-16,20,23-25H2,1H3,(H,30,33)(H,31,32). The van der Waals surface area contributed by atoms with Crippen molar-refractivity contribution in [1.29, 1.82) is 0 Å². The molecule has 1 amide bonds. The van der Waals surface area contributed by atoms with Crippen LogP contribution in [0.3, 0.4) is 0 Å². The molecule has 1 atom stereocenters. The molecule has 1 aromatic carbocycles. The van der Waals surface area contributed by atoms with Gasteiger partial charge in [-0.05, 0) is 17.7 Å². The third-order valence-corrected chi connectivity index (χ3v) is 7.38. The fraction of sp³-hybridized carbons (Fsp3) is 0.724. The molecule has 0 aliphatic rings. The van der Waals surface area contributed by atoms with E-state index in [2.05, 4.69) is 12.2 Å². The summed E-state index contributed by atoms with van der Waals surface area (Å²) >= 11 is 1.58. The highest BCUT2D eigenvalue weighted by Gasteiger charge is 2.20. The van der Waals surface area contributed by atoms with E-state index in [1.54, 1.807) is 11.8 Å². The van der Waals surface area contributed by atoms with Crippen LogP contribution in [0.4, 0.5) is 4.79 Å². The van der Waals surface area contributed by atoms with Crippen molar-refractivity contribution in [2.75, 3.05) is 11.5 Å². The minimum Gasteiger partial charge on any atom is -0.480 e. The molecule has 1 rings (SSSR count). The molecule has 6 heteroatoms. The van der Waals surface area contributed by atoms with Gasteiger partial charge in [-0.3, -0.25) is 0 Å². The van der Waals surface area contributed by atoms with Gasteiger partial charge in [0.1, 0.15) is 12.6 Å². The molecule has 0 aliphatic carbocycles. The maximum Gasteiger partial charge on any atom is 0.408 e. The highest BCUT2D eigenvalue weighted by atomic mass is 32.2. The van der Waals surface area contributed by atoms with Crippen molar-refractivity contribution in [2.24, 2.45) is 0 Å². The molecule has 1 unspecified atom stereocenters. The van der Waals surface area contributed by atoms with Crippen LogP contribution in [0.1, 0.15) is 115 Å². The Morgan fingerprint density at radius 1 is 0.800 bits per heavy atom. The lowest BCUT2D eigenvalue weighted by atomic mass is 10.0. The van der Waals surface area contributed by atoms with Crippen LogP contribution in [0.2, 0.25) is 0 Å². The zero-order valence-electron chi connectivity index (χ0n) is 22.0. The molecule has 0 spiro atoms. The van der Waals surface area contributed by atoms with E-state index in [4.69, 9.17) is 4.74 Å². The first-order valence-corrected chi connectivity index (χ1v) is 15.1. The number of hydrogen-bond donors (Lipinski definition) is 2. The number of aliphatic carboxylic acids is 1. The smallest absolute Gasteiger partial charge is 0.408 e. The lowest BCUT2D eigenvalue weighted by molar-refractivity contribution is -0.138. The van der Waals surface area contributed by atoms with Gasteiger partial charge in [0.25, 0.3) is 0 Å². The van der Waals surface area contributed by atoms with E-state index in [1.165, 1.54) is 96.3 Å². The number of nitrogens with one attached hydrogen (secondary N) is 1. The van der Waals surface area contributed by atoms with E-state index in [1.807, 2.05) is 30.3 Å². The largest absolute Gasteiger partial charge is 0.480 e. The lowest BCUT2D eigenvalue weighted by Gasteiger charge is -2.14. The second-order valence-corrected chi connectivity index (χ2v) is 10.6. The fourth-order valence-corrected chi connectivity index (χ4v) is 5.07. The quantitative estimate of drug-likeness (QED) is 0.146. The number of rotatable bonds is 23. The van der Waals surface area contributed by atoms with Gasteiger partial charge in [-0.2, -0.15) is 11.8 Å². The summed E-state index contributed by atoms with van der Waals surface area (Å²) in [6.07, 6.45) is 20.8. The molecule has 0 aliphatic heterocycles. The fourth-order valence-electron chi connectivity index (χ4n) is 4.04. The van der Waals surface area contributed by atoms with Crippen LogP contribution >= 0.6 is 11.8 Å². The van der Waals surface area contributed by atoms with Crippen LogP contribution in [0, 0.1) is 0 Å². The van der Waals surface area contributed by atoms with Gasteiger partial charge < -0.3 is 15.2 Å². The first kappa shape index (κ1) is 31.3. The second kappa shape index (κ2) is 22.8. The first-order chi connectivity index (χ1) is 17.1. The molecule has 0 aromatic heterocycles. The highest BCUT2D eigenvalue weighted by Crippen LogP contribution is 2.15. The van der Waals surface area contributed by atoms with Crippen LogP contribution in [0.25, 0.3) is 0 Å². The number of carboxylic acid groups (broad SMARTS) is 1. The SMILES string of the molecule is CCCCCCCCCCCCCCCCCCSCC(NC(=O)OCc1ccccc1)C(=O)O. The van der Waals surface area contributed by atoms with Crippen molar-refractivity contribution in [1.82, 2.24) is 5.32 Å². The van der Waals surface area contributed by atoms with Crippen molar-refractivity contribution in [2.45, 2.75) is 122 Å². The molecule has 0 saturated heterocycles. The van der Waals surface area contributed by atoms with Gasteiger partial charge in [-0.15, -0.1) is 0 Å². The highest BCUT2D eigenvalue weighted by molar-refractivity contribution is 7.99. The maximum absolute atomic E-state index is 11.9. The van der Waals surface area contributed by atoms with Gasteiger partial charge in [0, 0.05) is 5.75 Å². The Hall–Kier alpha value is -1.69. The summed E-state index contributed by atoms with van der Waals surface area (Å²) in [6, 6.07) is 8.41. The molecule has 0 saturated carbocycles. The van der Waals surface area contributed by atoms with E-state index >= 15 is 0 Å². The van der Waals surface area contributed by atoms with E-state index in [-0.39, 0.29) is 6.61 Å². The Morgan fingerprint density at radius 3 is 1.77 bits per heavy atom. The zero-order chi connectivity index (χ0) is 25.4. The van der Waals surface area contributed by atoms with Crippen LogP contribution < -0.4 is 5.32 Å². The molecule has 2 N–H and O–H groups in total. The molecular formula is C29H49NO4S. The minimum atomic E-state index is -1.03. The summed E-state index contributed by atoms with van der Waals surface area (Å²) in [7, 11) is 0. The molecular weight excluding hydrogens is 458 g/mol. The molecule has 0 heterocycles. The monoisotopic (exact) mass is 507 g/mol. The Balaban J connectivity index is 1.90. The van der Waals surface area contributed by atoms with Crippen LogP contribution in [-0.4, -0.2) is 34.7 Å². The molecule has 0 radical (unpaired) electrons. The second-order valence-electron chi connectivity index (χ2n) is 9.48. The Labute approximate surface area is 218 Å². The van der Waals surface area contributed by atoms with E-state index in [0.717, 1.165) is 17.7 Å². The Bertz CT molecular complexity index is 641. The van der Waals surface area contributed by atoms with Crippen LogP contribution in [0.5, 0.6) is 0 Å². The van der Waals surface area contributed by atoms with Crippen LogP contribution in [-0.2, 0) is 16.1 Å². The third-order valence-electron chi connectivity index (χ3n) is 6.23. The number of ether oxygens (including phenoxy) is 1. The summed E-state index contributed by atoms with van der Waals surface area (Å²) in [6.45, 7) is 2.40. The molecule has 0 bridgehead atoms. The molecule has 0 fully saturated rings. The summed E-state index contributed by atoms with van der Waals surface area (Å²) in [5.41, 5.74) is 0.868. The molecule has 5 nitrogen and oxygen atoms in total. The predicted octanol–water partition coefficient (Wildman–Crippen LogP) is 8.36. The number of alkyl carbamates (subject to hydrolysis) is 1. The Kier molecular flexibility index (Phi) is 20.4. The van der Waals surface area contributed by atoms with E-state index < -0.39 is 18.1 Å². The summed E-state index contributed by atoms with van der Waals surface area (Å²) in [5, 5.41) is 11.8. The normalized spacial score (nSPS) is 11.8. The van der Waals surface area contributed by atoms with Gasteiger partial charge in [-0.1, -0.05) is 134 Å².